The number of aromatic nitrogens is 1. The SMILES string of the molecule is CC(C)N(C(=O)c1cc(NC(=O)c2ccccc2I)c(=O)n(C)c1)C(C)C. The highest BCUT2D eigenvalue weighted by atomic mass is 127. The van der Waals surface area contributed by atoms with Crippen LogP contribution in [0.15, 0.2) is 41.3 Å². The van der Waals surface area contributed by atoms with E-state index in [1.807, 2.05) is 39.8 Å². The van der Waals surface area contributed by atoms with Crippen LogP contribution in [0.3, 0.4) is 0 Å². The van der Waals surface area contributed by atoms with Crippen molar-refractivity contribution in [1.82, 2.24) is 9.47 Å². The second-order valence-corrected chi connectivity index (χ2v) is 8.05. The van der Waals surface area contributed by atoms with Gasteiger partial charge in [-0.25, -0.2) is 0 Å². The van der Waals surface area contributed by atoms with Gasteiger partial charge in [0.25, 0.3) is 17.4 Å². The van der Waals surface area contributed by atoms with E-state index in [1.165, 1.54) is 16.8 Å². The van der Waals surface area contributed by atoms with E-state index in [9.17, 15) is 14.4 Å². The van der Waals surface area contributed by atoms with Gasteiger partial charge in [0.1, 0.15) is 5.69 Å². The summed E-state index contributed by atoms with van der Waals surface area (Å²) in [4.78, 5) is 39.7. The standard InChI is InChI=1S/C20H24IN3O3/c1-12(2)24(13(3)4)19(26)14-10-17(20(27)23(5)11-14)22-18(25)15-8-6-7-9-16(15)21/h6-13H,1-5H3,(H,22,25). The predicted octanol–water partition coefficient (Wildman–Crippen LogP) is 3.50. The Balaban J connectivity index is 2.42. The first-order valence-electron chi connectivity index (χ1n) is 8.72. The number of pyridine rings is 1. The summed E-state index contributed by atoms with van der Waals surface area (Å²) in [6.45, 7) is 7.78. The van der Waals surface area contributed by atoms with Crippen molar-refractivity contribution in [2.75, 3.05) is 5.32 Å². The monoisotopic (exact) mass is 481 g/mol. The number of carbonyl (C=O) groups excluding carboxylic acids is 2. The second-order valence-electron chi connectivity index (χ2n) is 6.89. The Hall–Kier alpha value is -2.16. The summed E-state index contributed by atoms with van der Waals surface area (Å²) in [7, 11) is 1.57. The lowest BCUT2D eigenvalue weighted by Gasteiger charge is -2.31. The summed E-state index contributed by atoms with van der Waals surface area (Å²) in [5.74, 6) is -0.563. The minimum Gasteiger partial charge on any atom is -0.334 e. The first-order valence-corrected chi connectivity index (χ1v) is 9.80. The maximum absolute atomic E-state index is 13.0. The summed E-state index contributed by atoms with van der Waals surface area (Å²) in [5.41, 5.74) is 0.548. The number of anilines is 1. The fraction of sp³-hybridized carbons (Fsp3) is 0.350. The van der Waals surface area contributed by atoms with Crippen LogP contribution in [-0.2, 0) is 7.05 Å². The summed E-state index contributed by atoms with van der Waals surface area (Å²) >= 11 is 2.07. The van der Waals surface area contributed by atoms with Gasteiger partial charge in [-0.15, -0.1) is 0 Å². The highest BCUT2D eigenvalue weighted by Crippen LogP contribution is 2.16. The van der Waals surface area contributed by atoms with E-state index >= 15 is 0 Å². The Kier molecular flexibility index (Phi) is 6.80. The molecule has 0 unspecified atom stereocenters. The molecule has 27 heavy (non-hydrogen) atoms. The summed E-state index contributed by atoms with van der Waals surface area (Å²) < 4.78 is 2.10. The molecule has 0 spiro atoms. The number of hydrogen-bond donors (Lipinski definition) is 1. The van der Waals surface area contributed by atoms with Crippen LogP contribution in [0.2, 0.25) is 0 Å². The Morgan fingerprint density at radius 3 is 2.26 bits per heavy atom. The highest BCUT2D eigenvalue weighted by Gasteiger charge is 2.23. The third-order valence-electron chi connectivity index (χ3n) is 4.14. The van der Waals surface area contributed by atoms with E-state index in [0.29, 0.717) is 11.1 Å². The van der Waals surface area contributed by atoms with Crippen LogP contribution in [-0.4, -0.2) is 33.4 Å². The minimum atomic E-state index is -0.383. The van der Waals surface area contributed by atoms with E-state index in [-0.39, 0.29) is 35.1 Å². The van der Waals surface area contributed by atoms with Crippen molar-refractivity contribution >= 4 is 40.1 Å². The molecule has 0 saturated heterocycles. The Morgan fingerprint density at radius 2 is 1.70 bits per heavy atom. The molecule has 2 amide bonds. The summed E-state index contributed by atoms with van der Waals surface area (Å²) in [6, 6.07) is 8.59. The van der Waals surface area contributed by atoms with E-state index in [2.05, 4.69) is 27.9 Å². The number of carbonyl (C=O) groups is 2. The molecule has 6 nitrogen and oxygen atoms in total. The normalized spacial score (nSPS) is 11.0. The molecule has 0 aliphatic heterocycles. The number of hydrogen-bond acceptors (Lipinski definition) is 3. The van der Waals surface area contributed by atoms with Crippen molar-refractivity contribution in [3.05, 3.63) is 61.6 Å². The second kappa shape index (κ2) is 8.69. The third kappa shape index (κ3) is 4.77. The van der Waals surface area contributed by atoms with Crippen molar-refractivity contribution in [1.29, 1.82) is 0 Å². The van der Waals surface area contributed by atoms with Gasteiger partial charge in [0.15, 0.2) is 0 Å². The quantitative estimate of drug-likeness (QED) is 0.665. The molecule has 2 rings (SSSR count). The fourth-order valence-electron chi connectivity index (χ4n) is 2.97. The lowest BCUT2D eigenvalue weighted by molar-refractivity contribution is 0.0642. The zero-order valence-corrected chi connectivity index (χ0v) is 18.3. The summed E-state index contributed by atoms with van der Waals surface area (Å²) in [5, 5.41) is 2.65. The van der Waals surface area contributed by atoms with Gasteiger partial charge in [-0.05, 0) is 68.5 Å². The van der Waals surface area contributed by atoms with Crippen molar-refractivity contribution in [2.45, 2.75) is 39.8 Å². The van der Waals surface area contributed by atoms with Gasteiger partial charge in [-0.2, -0.15) is 0 Å². The minimum absolute atomic E-state index is 0.0127. The van der Waals surface area contributed by atoms with Gasteiger partial charge < -0.3 is 14.8 Å². The van der Waals surface area contributed by atoms with Gasteiger partial charge in [-0.1, -0.05) is 12.1 Å². The number of halogens is 1. The molecule has 0 aliphatic rings. The molecule has 7 heteroatoms. The van der Waals surface area contributed by atoms with Crippen molar-refractivity contribution < 1.29 is 9.59 Å². The molecule has 144 valence electrons. The number of rotatable bonds is 5. The van der Waals surface area contributed by atoms with Gasteiger partial charge in [0, 0.05) is 28.9 Å². The van der Waals surface area contributed by atoms with Crippen LogP contribution < -0.4 is 10.9 Å². The lowest BCUT2D eigenvalue weighted by Crippen LogP contribution is -2.42. The number of amides is 2. The number of aryl methyl sites for hydroxylation is 1. The number of benzene rings is 1. The van der Waals surface area contributed by atoms with Crippen LogP contribution in [0.1, 0.15) is 48.4 Å². The zero-order chi connectivity index (χ0) is 20.3. The van der Waals surface area contributed by atoms with E-state index < -0.39 is 0 Å². The van der Waals surface area contributed by atoms with Crippen molar-refractivity contribution in [3.8, 4) is 0 Å². The van der Waals surface area contributed by atoms with E-state index in [1.54, 1.807) is 24.1 Å². The number of nitrogens with one attached hydrogen (secondary N) is 1. The zero-order valence-electron chi connectivity index (χ0n) is 16.1. The summed E-state index contributed by atoms with van der Waals surface area (Å²) in [6.07, 6.45) is 1.50. The molecule has 1 aromatic carbocycles. The van der Waals surface area contributed by atoms with Gasteiger partial charge in [0.05, 0.1) is 11.1 Å². The van der Waals surface area contributed by atoms with Crippen LogP contribution >= 0.6 is 22.6 Å². The molecule has 0 saturated carbocycles. The predicted molar refractivity (Wildman–Crippen MR) is 115 cm³/mol. The highest BCUT2D eigenvalue weighted by molar-refractivity contribution is 14.1. The first-order chi connectivity index (χ1) is 12.6. The van der Waals surface area contributed by atoms with Gasteiger partial charge >= 0.3 is 0 Å². The average Bonchev–Trinajstić information content (AvgIpc) is 2.58. The van der Waals surface area contributed by atoms with Crippen LogP contribution in [0.4, 0.5) is 5.69 Å². The van der Waals surface area contributed by atoms with E-state index in [4.69, 9.17) is 0 Å². The van der Waals surface area contributed by atoms with Crippen LogP contribution in [0, 0.1) is 3.57 Å². The molecule has 2 aromatic rings. The molecule has 0 atom stereocenters. The van der Waals surface area contributed by atoms with Gasteiger partial charge in [-0.3, -0.25) is 14.4 Å². The lowest BCUT2D eigenvalue weighted by atomic mass is 10.1. The fourth-order valence-corrected chi connectivity index (χ4v) is 3.60. The molecule has 1 heterocycles. The molecular formula is C20H24IN3O3. The Labute approximate surface area is 172 Å². The third-order valence-corrected chi connectivity index (χ3v) is 5.08. The smallest absolute Gasteiger partial charge is 0.274 e. The molecule has 1 aromatic heterocycles. The molecular weight excluding hydrogens is 457 g/mol. The van der Waals surface area contributed by atoms with E-state index in [0.717, 1.165) is 3.57 Å². The molecule has 0 radical (unpaired) electrons. The van der Waals surface area contributed by atoms with Crippen LogP contribution in [0.25, 0.3) is 0 Å². The maximum atomic E-state index is 13.0. The average molecular weight is 481 g/mol. The Morgan fingerprint density at radius 1 is 1.11 bits per heavy atom. The van der Waals surface area contributed by atoms with Gasteiger partial charge in [0.2, 0.25) is 0 Å². The Bertz CT molecular complexity index is 911. The largest absolute Gasteiger partial charge is 0.334 e. The molecule has 0 bridgehead atoms. The van der Waals surface area contributed by atoms with Crippen molar-refractivity contribution in [3.63, 3.8) is 0 Å². The molecule has 0 aliphatic carbocycles. The van der Waals surface area contributed by atoms with Crippen LogP contribution in [0.5, 0.6) is 0 Å². The maximum Gasteiger partial charge on any atom is 0.274 e. The first kappa shape index (κ1) is 21.1. The van der Waals surface area contributed by atoms with Crippen molar-refractivity contribution in [2.24, 2.45) is 7.05 Å². The molecule has 1 N–H and O–H groups in total. The topological polar surface area (TPSA) is 71.4 Å². The number of nitrogens with zero attached hydrogens (tertiary/aromatic N) is 2. The molecule has 0 fully saturated rings.